The average molecular weight is 578 g/mol. The largest absolute Gasteiger partial charge is 0.454 e. The van der Waals surface area contributed by atoms with Crippen LogP contribution in [0.25, 0.3) is 10.9 Å². The average Bonchev–Trinajstić information content (AvgIpc) is 3.64. The van der Waals surface area contributed by atoms with Gasteiger partial charge in [-0.25, -0.2) is 9.37 Å². The summed E-state index contributed by atoms with van der Waals surface area (Å²) in [5, 5.41) is 3.98. The Morgan fingerprint density at radius 3 is 2.39 bits per heavy atom. The van der Waals surface area contributed by atoms with Crippen molar-refractivity contribution in [3.05, 3.63) is 81.9 Å². The fourth-order valence-electron chi connectivity index (χ4n) is 4.70. The lowest BCUT2D eigenvalue weighted by molar-refractivity contribution is -0.121. The minimum atomic E-state index is -0.294. The Labute approximate surface area is 239 Å². The van der Waals surface area contributed by atoms with Crippen LogP contribution >= 0.6 is 11.8 Å². The molecule has 0 fully saturated rings. The fourth-order valence-corrected chi connectivity index (χ4v) is 5.68. The number of halogens is 1. The van der Waals surface area contributed by atoms with E-state index in [2.05, 4.69) is 5.32 Å². The summed E-state index contributed by atoms with van der Waals surface area (Å²) in [5.74, 6) is 2.71. The number of thioether (sulfide) groups is 1. The van der Waals surface area contributed by atoms with Crippen LogP contribution in [-0.2, 0) is 23.6 Å². The fraction of sp³-hybridized carbons (Fsp3) is 0.300. The molecule has 1 aromatic heterocycles. The molecule has 0 bridgehead atoms. The summed E-state index contributed by atoms with van der Waals surface area (Å²) in [5.41, 5.74) is 2.25. The van der Waals surface area contributed by atoms with Gasteiger partial charge in [0, 0.05) is 31.3 Å². The molecule has 6 rings (SSSR count). The van der Waals surface area contributed by atoms with E-state index in [1.807, 2.05) is 18.2 Å². The molecule has 1 amide bonds. The number of hydrogen-bond acceptors (Lipinski definition) is 8. The van der Waals surface area contributed by atoms with E-state index in [1.54, 1.807) is 28.8 Å². The highest BCUT2D eigenvalue weighted by Gasteiger charge is 2.19. The normalized spacial score (nSPS) is 13.1. The van der Waals surface area contributed by atoms with Crippen LogP contribution in [0.2, 0.25) is 0 Å². The maximum Gasteiger partial charge on any atom is 0.262 e. The number of benzene rings is 3. The van der Waals surface area contributed by atoms with Crippen molar-refractivity contribution in [2.45, 2.75) is 49.7 Å². The van der Waals surface area contributed by atoms with Gasteiger partial charge in [-0.1, -0.05) is 36.4 Å². The second-order valence-electron chi connectivity index (χ2n) is 9.76. The molecule has 0 aliphatic carbocycles. The van der Waals surface area contributed by atoms with E-state index in [9.17, 15) is 14.0 Å². The molecule has 11 heteroatoms. The number of fused-ring (bicyclic) bond motifs is 3. The van der Waals surface area contributed by atoms with E-state index in [1.165, 1.54) is 23.9 Å². The molecule has 9 nitrogen and oxygen atoms in total. The third-order valence-electron chi connectivity index (χ3n) is 6.91. The third-order valence-corrected chi connectivity index (χ3v) is 7.95. The number of nitrogens with zero attached hydrogens (tertiary/aromatic N) is 2. The highest BCUT2D eigenvalue weighted by molar-refractivity contribution is 7.98. The molecule has 41 heavy (non-hydrogen) atoms. The lowest BCUT2D eigenvalue weighted by atomic mass is 10.1. The Morgan fingerprint density at radius 1 is 0.878 bits per heavy atom. The molecule has 0 radical (unpaired) electrons. The van der Waals surface area contributed by atoms with Crippen molar-refractivity contribution in [1.29, 1.82) is 0 Å². The monoisotopic (exact) mass is 577 g/mol. The number of amides is 1. The summed E-state index contributed by atoms with van der Waals surface area (Å²) >= 11 is 1.43. The van der Waals surface area contributed by atoms with Crippen LogP contribution in [0.3, 0.4) is 0 Å². The van der Waals surface area contributed by atoms with Gasteiger partial charge in [-0.3, -0.25) is 14.2 Å². The minimum absolute atomic E-state index is 0.0289. The van der Waals surface area contributed by atoms with Crippen molar-refractivity contribution >= 4 is 28.6 Å². The van der Waals surface area contributed by atoms with Crippen LogP contribution in [0.5, 0.6) is 23.0 Å². The topological polar surface area (TPSA) is 101 Å². The van der Waals surface area contributed by atoms with Gasteiger partial charge in [0.05, 0.1) is 10.9 Å². The molecule has 0 spiro atoms. The predicted molar refractivity (Wildman–Crippen MR) is 151 cm³/mol. The molecular weight excluding hydrogens is 549 g/mol. The molecule has 3 heterocycles. The van der Waals surface area contributed by atoms with E-state index in [0.29, 0.717) is 77.2 Å². The van der Waals surface area contributed by atoms with Gasteiger partial charge >= 0.3 is 0 Å². The predicted octanol–water partition coefficient (Wildman–Crippen LogP) is 5.16. The Kier molecular flexibility index (Phi) is 7.95. The first-order valence-electron chi connectivity index (χ1n) is 13.4. The van der Waals surface area contributed by atoms with Crippen LogP contribution in [0, 0.1) is 5.82 Å². The van der Waals surface area contributed by atoms with E-state index < -0.39 is 0 Å². The van der Waals surface area contributed by atoms with Gasteiger partial charge < -0.3 is 24.3 Å². The second-order valence-corrected chi connectivity index (χ2v) is 10.7. The van der Waals surface area contributed by atoms with Crippen molar-refractivity contribution in [1.82, 2.24) is 14.9 Å². The number of carbonyl (C=O) groups is 1. The van der Waals surface area contributed by atoms with Gasteiger partial charge in [0.2, 0.25) is 19.5 Å². The van der Waals surface area contributed by atoms with Gasteiger partial charge in [0.15, 0.2) is 28.2 Å². The Bertz CT molecular complexity index is 1640. The van der Waals surface area contributed by atoms with Crippen LogP contribution in [0.4, 0.5) is 4.39 Å². The maximum absolute atomic E-state index is 13.6. The number of ether oxygens (including phenoxy) is 4. The van der Waals surface area contributed by atoms with Gasteiger partial charge in [-0.15, -0.1) is 0 Å². The van der Waals surface area contributed by atoms with Gasteiger partial charge in [-0.2, -0.15) is 0 Å². The van der Waals surface area contributed by atoms with Crippen molar-refractivity contribution in [2.75, 3.05) is 13.6 Å². The first-order valence-corrected chi connectivity index (χ1v) is 14.4. The molecule has 2 aliphatic rings. The Morgan fingerprint density at radius 2 is 1.59 bits per heavy atom. The van der Waals surface area contributed by atoms with Gasteiger partial charge in [-0.05, 0) is 54.3 Å². The number of nitrogens with one attached hydrogen (secondary N) is 1. The van der Waals surface area contributed by atoms with Crippen LogP contribution in [0.1, 0.15) is 36.8 Å². The summed E-state index contributed by atoms with van der Waals surface area (Å²) in [6.45, 7) is 1.20. The maximum atomic E-state index is 13.6. The molecule has 4 aromatic rings. The summed E-state index contributed by atoms with van der Waals surface area (Å²) in [7, 11) is 0. The number of unbranched alkanes of at least 4 members (excludes halogenated alkanes) is 2. The molecule has 1 N–H and O–H groups in total. The number of rotatable bonds is 11. The Balaban J connectivity index is 1.07. The van der Waals surface area contributed by atoms with E-state index in [0.717, 1.165) is 17.5 Å². The SMILES string of the molecule is O=C(CCCCCn1c(SCc2ccc(F)cc2)nc2cc3c(cc2c1=O)OCO3)NCc1ccc2c(c1)OCO2. The lowest BCUT2D eigenvalue weighted by Gasteiger charge is -2.14. The summed E-state index contributed by atoms with van der Waals surface area (Å²) in [6.07, 6.45) is 2.56. The Hall–Kier alpha value is -4.25. The highest BCUT2D eigenvalue weighted by Crippen LogP contribution is 2.35. The molecular formula is C30H28FN3O6S. The van der Waals surface area contributed by atoms with Gasteiger partial charge in [0.1, 0.15) is 5.82 Å². The van der Waals surface area contributed by atoms with Crippen LogP contribution in [0.15, 0.2) is 64.5 Å². The molecule has 0 atom stereocenters. The molecule has 0 saturated carbocycles. The van der Waals surface area contributed by atoms with Crippen molar-refractivity contribution in [2.24, 2.45) is 0 Å². The summed E-state index contributed by atoms with van der Waals surface area (Å²) in [6, 6.07) is 15.3. The first-order chi connectivity index (χ1) is 20.0. The van der Waals surface area contributed by atoms with E-state index in [-0.39, 0.29) is 30.9 Å². The highest BCUT2D eigenvalue weighted by atomic mass is 32.2. The molecule has 2 aliphatic heterocycles. The van der Waals surface area contributed by atoms with Gasteiger partial charge in [0.25, 0.3) is 5.56 Å². The molecule has 212 valence electrons. The number of aromatic nitrogens is 2. The van der Waals surface area contributed by atoms with Crippen molar-refractivity contribution in [3.63, 3.8) is 0 Å². The van der Waals surface area contributed by atoms with Crippen molar-refractivity contribution in [3.8, 4) is 23.0 Å². The first kappa shape index (κ1) is 26.9. The zero-order valence-electron chi connectivity index (χ0n) is 22.2. The smallest absolute Gasteiger partial charge is 0.262 e. The van der Waals surface area contributed by atoms with E-state index in [4.69, 9.17) is 23.9 Å². The van der Waals surface area contributed by atoms with E-state index >= 15 is 0 Å². The lowest BCUT2D eigenvalue weighted by Crippen LogP contribution is -2.24. The van der Waals surface area contributed by atoms with Crippen molar-refractivity contribution < 1.29 is 28.1 Å². The number of hydrogen-bond donors (Lipinski definition) is 1. The molecule has 0 unspecified atom stereocenters. The summed E-state index contributed by atoms with van der Waals surface area (Å²) in [4.78, 5) is 30.7. The van der Waals surface area contributed by atoms with Crippen LogP contribution in [-0.4, -0.2) is 29.0 Å². The zero-order chi connectivity index (χ0) is 28.2. The standard InChI is InChI=1S/C30H28FN3O6S/c31-21-8-5-19(6-9-21)16-41-30-33-23-14-27-26(39-18-40-27)13-22(23)29(36)34(30)11-3-1-2-4-28(35)32-15-20-7-10-24-25(12-20)38-17-37-24/h5-10,12-14H,1-4,11,15-18H2,(H,32,35). The zero-order valence-corrected chi connectivity index (χ0v) is 23.0. The second kappa shape index (κ2) is 12.1. The molecule has 0 saturated heterocycles. The van der Waals surface area contributed by atoms with Crippen LogP contribution < -0.4 is 29.8 Å². The third kappa shape index (κ3) is 6.25. The minimum Gasteiger partial charge on any atom is -0.454 e. The quantitative estimate of drug-likeness (QED) is 0.148. The number of carbonyl (C=O) groups excluding carboxylic acids is 1. The molecule has 3 aromatic carbocycles. The summed E-state index contributed by atoms with van der Waals surface area (Å²) < 4.78 is 36.7.